The number of benzene rings is 1. The molecule has 0 amide bonds. The van der Waals surface area contributed by atoms with Gasteiger partial charge < -0.3 is 20.3 Å². The highest BCUT2D eigenvalue weighted by atomic mass is 19.4. The SMILES string of the molecule is C=C(N)C(=NC(C)(C)NCC(O)(c1cc2c(c(-c3ccc(F)cc3)n1)OCC2C)C(F)(F)F)OC. The van der Waals surface area contributed by atoms with Gasteiger partial charge in [-0.05, 0) is 44.2 Å². The predicted molar refractivity (Wildman–Crippen MR) is 123 cm³/mol. The Morgan fingerprint density at radius 2 is 1.94 bits per heavy atom. The van der Waals surface area contributed by atoms with Crippen LogP contribution in [0.4, 0.5) is 17.6 Å². The highest BCUT2D eigenvalue weighted by Crippen LogP contribution is 2.45. The Morgan fingerprint density at radius 3 is 2.49 bits per heavy atom. The molecule has 4 N–H and O–H groups in total. The van der Waals surface area contributed by atoms with Gasteiger partial charge in [-0.25, -0.2) is 14.4 Å². The molecule has 3 rings (SSSR count). The molecule has 2 unspecified atom stereocenters. The molecule has 0 saturated carbocycles. The lowest BCUT2D eigenvalue weighted by Gasteiger charge is -2.34. The van der Waals surface area contributed by atoms with Crippen molar-refractivity contribution in [2.45, 2.75) is 44.1 Å². The number of nitrogens with zero attached hydrogens (tertiary/aromatic N) is 2. The monoisotopic (exact) mass is 496 g/mol. The third-order valence-corrected chi connectivity index (χ3v) is 5.65. The molecule has 0 spiro atoms. The first-order valence-electron chi connectivity index (χ1n) is 10.8. The summed E-state index contributed by atoms with van der Waals surface area (Å²) in [5.41, 5.74) is 1.16. The number of aliphatic hydroxyl groups is 1. The Kier molecular flexibility index (Phi) is 7.14. The zero-order valence-corrected chi connectivity index (χ0v) is 19.8. The van der Waals surface area contributed by atoms with Crippen molar-refractivity contribution in [3.63, 3.8) is 0 Å². The quantitative estimate of drug-likeness (QED) is 0.305. The molecule has 11 heteroatoms. The topological polar surface area (TPSA) is 102 Å². The van der Waals surface area contributed by atoms with Gasteiger partial charge in [0.25, 0.3) is 0 Å². The van der Waals surface area contributed by atoms with Crippen LogP contribution in [0.1, 0.15) is 37.9 Å². The molecule has 1 aromatic carbocycles. The van der Waals surface area contributed by atoms with Gasteiger partial charge in [0.2, 0.25) is 11.5 Å². The van der Waals surface area contributed by atoms with Crippen LogP contribution in [0.3, 0.4) is 0 Å². The molecule has 190 valence electrons. The van der Waals surface area contributed by atoms with E-state index < -0.39 is 35.5 Å². The summed E-state index contributed by atoms with van der Waals surface area (Å²) < 4.78 is 67.2. The minimum atomic E-state index is -5.11. The minimum Gasteiger partial charge on any atom is -0.490 e. The maximum Gasteiger partial charge on any atom is 0.424 e. The van der Waals surface area contributed by atoms with Crippen LogP contribution in [0.2, 0.25) is 0 Å². The molecule has 0 bridgehead atoms. The lowest BCUT2D eigenvalue weighted by Crippen LogP contribution is -2.54. The third kappa shape index (κ3) is 5.40. The van der Waals surface area contributed by atoms with E-state index in [1.807, 2.05) is 0 Å². The molecule has 2 aromatic rings. The van der Waals surface area contributed by atoms with E-state index in [9.17, 15) is 22.7 Å². The number of halogens is 4. The highest BCUT2D eigenvalue weighted by Gasteiger charge is 2.57. The van der Waals surface area contributed by atoms with Gasteiger partial charge in [0, 0.05) is 23.6 Å². The first kappa shape index (κ1) is 26.4. The highest BCUT2D eigenvalue weighted by molar-refractivity contribution is 5.92. The van der Waals surface area contributed by atoms with E-state index in [0.717, 1.165) is 0 Å². The summed E-state index contributed by atoms with van der Waals surface area (Å²) in [5.74, 6) is -0.498. The Bertz CT molecular complexity index is 1130. The molecule has 1 aromatic heterocycles. The Hall–Kier alpha value is -3.18. The molecular formula is C24H28F4N4O3. The van der Waals surface area contributed by atoms with Crippen LogP contribution in [-0.4, -0.2) is 48.1 Å². The fraction of sp³-hybridized carbons (Fsp3) is 0.417. The van der Waals surface area contributed by atoms with Crippen LogP contribution < -0.4 is 15.8 Å². The molecular weight excluding hydrogens is 468 g/mol. The number of nitrogens with one attached hydrogen (secondary N) is 1. The van der Waals surface area contributed by atoms with E-state index in [1.165, 1.54) is 51.3 Å². The van der Waals surface area contributed by atoms with Crippen molar-refractivity contribution >= 4 is 5.90 Å². The summed E-state index contributed by atoms with van der Waals surface area (Å²) in [4.78, 5) is 8.32. The van der Waals surface area contributed by atoms with Crippen LogP contribution in [-0.2, 0) is 10.3 Å². The number of methoxy groups -OCH3 is 1. The molecule has 0 radical (unpaired) electrons. The molecule has 35 heavy (non-hydrogen) atoms. The zero-order chi connectivity index (χ0) is 26.2. The van der Waals surface area contributed by atoms with Gasteiger partial charge in [0.05, 0.1) is 25.1 Å². The number of hydrogen-bond acceptors (Lipinski definition) is 7. The summed E-state index contributed by atoms with van der Waals surface area (Å²) in [6.45, 7) is 7.53. The summed E-state index contributed by atoms with van der Waals surface area (Å²) in [5, 5.41) is 13.7. The fourth-order valence-electron chi connectivity index (χ4n) is 3.61. The Balaban J connectivity index is 2.09. The first-order valence-corrected chi connectivity index (χ1v) is 10.8. The van der Waals surface area contributed by atoms with Crippen LogP contribution in [0.25, 0.3) is 11.3 Å². The van der Waals surface area contributed by atoms with Crippen molar-refractivity contribution < 1.29 is 32.1 Å². The van der Waals surface area contributed by atoms with Crippen molar-refractivity contribution in [2.75, 3.05) is 20.3 Å². The molecule has 1 aliphatic heterocycles. The molecule has 0 saturated heterocycles. The number of ether oxygens (including phenoxy) is 2. The minimum absolute atomic E-state index is 0.00771. The van der Waals surface area contributed by atoms with E-state index in [0.29, 0.717) is 16.9 Å². The standard InChI is InChI=1S/C24H28F4N4O3/c1-13-11-35-20-17(13)10-18(31-19(20)15-6-8-16(25)9-7-15)23(33,24(26,27)28)12-30-22(3,4)32-21(34-5)14(2)29/h6-10,13,30,33H,2,11-12,29H2,1,3-5H3. The van der Waals surface area contributed by atoms with E-state index in [2.05, 4.69) is 21.9 Å². The largest absolute Gasteiger partial charge is 0.490 e. The lowest BCUT2D eigenvalue weighted by atomic mass is 9.92. The maximum atomic E-state index is 14.4. The van der Waals surface area contributed by atoms with Gasteiger partial charge in [-0.15, -0.1) is 0 Å². The number of aliphatic imine (C=N–C) groups is 1. The molecule has 0 fully saturated rings. The van der Waals surface area contributed by atoms with E-state index in [-0.39, 0.29) is 29.8 Å². The molecule has 2 atom stereocenters. The second-order valence-corrected chi connectivity index (χ2v) is 8.91. The van der Waals surface area contributed by atoms with Gasteiger partial charge in [0.1, 0.15) is 22.9 Å². The normalized spacial score (nSPS) is 18.0. The number of pyridine rings is 1. The maximum absolute atomic E-state index is 14.4. The predicted octanol–water partition coefficient (Wildman–Crippen LogP) is 3.98. The number of nitrogens with two attached hydrogens (primary N) is 1. The summed E-state index contributed by atoms with van der Waals surface area (Å²) >= 11 is 0. The average molecular weight is 497 g/mol. The summed E-state index contributed by atoms with van der Waals surface area (Å²) in [7, 11) is 1.30. The summed E-state index contributed by atoms with van der Waals surface area (Å²) in [6.07, 6.45) is -5.11. The molecule has 1 aliphatic rings. The van der Waals surface area contributed by atoms with Gasteiger partial charge in [-0.2, -0.15) is 13.2 Å². The van der Waals surface area contributed by atoms with Crippen LogP contribution >= 0.6 is 0 Å². The average Bonchev–Trinajstić information content (AvgIpc) is 3.15. The molecule has 2 heterocycles. The van der Waals surface area contributed by atoms with Crippen LogP contribution in [0.15, 0.2) is 47.6 Å². The Morgan fingerprint density at radius 1 is 1.31 bits per heavy atom. The smallest absolute Gasteiger partial charge is 0.424 e. The van der Waals surface area contributed by atoms with Gasteiger partial charge >= 0.3 is 6.18 Å². The van der Waals surface area contributed by atoms with Gasteiger partial charge in [0.15, 0.2) is 0 Å². The third-order valence-electron chi connectivity index (χ3n) is 5.65. The molecule has 0 aliphatic carbocycles. The van der Waals surface area contributed by atoms with E-state index >= 15 is 0 Å². The number of rotatable bonds is 7. The van der Waals surface area contributed by atoms with Crippen molar-refractivity contribution in [2.24, 2.45) is 10.7 Å². The Labute approximate surface area is 200 Å². The van der Waals surface area contributed by atoms with E-state index in [4.69, 9.17) is 15.2 Å². The second-order valence-electron chi connectivity index (χ2n) is 8.91. The van der Waals surface area contributed by atoms with Crippen molar-refractivity contribution in [3.05, 3.63) is 59.7 Å². The number of alkyl halides is 3. The fourth-order valence-corrected chi connectivity index (χ4v) is 3.61. The lowest BCUT2D eigenvalue weighted by molar-refractivity contribution is -0.266. The van der Waals surface area contributed by atoms with Crippen LogP contribution in [0, 0.1) is 5.82 Å². The molecule has 7 nitrogen and oxygen atoms in total. The van der Waals surface area contributed by atoms with Crippen molar-refractivity contribution in [3.8, 4) is 17.0 Å². The zero-order valence-electron chi connectivity index (χ0n) is 19.8. The van der Waals surface area contributed by atoms with Gasteiger partial charge in [-0.3, -0.25) is 5.32 Å². The summed E-state index contributed by atoms with van der Waals surface area (Å²) in [6, 6.07) is 6.33. The van der Waals surface area contributed by atoms with E-state index in [1.54, 1.807) is 6.92 Å². The van der Waals surface area contributed by atoms with Crippen LogP contribution in [0.5, 0.6) is 5.75 Å². The number of hydrogen-bond donors (Lipinski definition) is 3. The van der Waals surface area contributed by atoms with Crippen molar-refractivity contribution in [1.82, 2.24) is 10.3 Å². The van der Waals surface area contributed by atoms with Gasteiger partial charge in [-0.1, -0.05) is 13.5 Å². The first-order chi connectivity index (χ1) is 16.2. The van der Waals surface area contributed by atoms with Crippen molar-refractivity contribution in [1.29, 1.82) is 0 Å². The number of aromatic nitrogens is 1. The second kappa shape index (κ2) is 9.46. The number of fused-ring (bicyclic) bond motifs is 1.